The zero-order valence-electron chi connectivity index (χ0n) is 9.13. The number of nitrogens with zero attached hydrogens (tertiary/aromatic N) is 1. The number of rotatable bonds is 3. The summed E-state index contributed by atoms with van der Waals surface area (Å²) in [6.07, 6.45) is 1.80. The Morgan fingerprint density at radius 1 is 1.50 bits per heavy atom. The Bertz CT molecular complexity index is 238. The number of carbonyl (C=O) groups excluding carboxylic acids is 1. The van der Waals surface area contributed by atoms with E-state index in [-0.39, 0.29) is 18.0 Å². The molecule has 1 amide bonds. The van der Waals surface area contributed by atoms with Crippen molar-refractivity contribution in [2.24, 2.45) is 0 Å². The first-order valence-corrected chi connectivity index (χ1v) is 5.17. The van der Waals surface area contributed by atoms with Gasteiger partial charge in [-0.2, -0.15) is 0 Å². The highest BCUT2D eigenvalue weighted by molar-refractivity contribution is 5.89. The lowest BCUT2D eigenvalue weighted by Gasteiger charge is -2.25. The van der Waals surface area contributed by atoms with E-state index in [9.17, 15) is 4.79 Å². The number of hydrogen-bond donors (Lipinski definition) is 2. The highest BCUT2D eigenvalue weighted by atomic mass is 16.2. The Morgan fingerprint density at radius 2 is 2.14 bits per heavy atom. The standard InChI is InChI=1S/C10H19N3O/c1-7(2)12-10(14)8(3)13-6-4-5-9(13)11/h7-8,11H,4-6H2,1-3H3,(H,12,14). The van der Waals surface area contributed by atoms with Crippen molar-refractivity contribution in [2.75, 3.05) is 6.54 Å². The van der Waals surface area contributed by atoms with Crippen LogP contribution in [-0.2, 0) is 4.79 Å². The Kier molecular flexibility index (Phi) is 3.49. The number of amides is 1. The molecule has 0 spiro atoms. The molecule has 0 bridgehead atoms. The molecule has 1 saturated heterocycles. The van der Waals surface area contributed by atoms with Gasteiger partial charge in [0.1, 0.15) is 6.04 Å². The minimum atomic E-state index is -0.201. The Hall–Kier alpha value is -1.06. The molecule has 1 fully saturated rings. The third kappa shape index (κ3) is 2.47. The second-order valence-electron chi connectivity index (χ2n) is 4.08. The normalized spacial score (nSPS) is 18.9. The van der Waals surface area contributed by atoms with Crippen molar-refractivity contribution in [1.82, 2.24) is 10.2 Å². The summed E-state index contributed by atoms with van der Waals surface area (Å²) in [6.45, 7) is 6.59. The van der Waals surface area contributed by atoms with Gasteiger partial charge in [0.2, 0.25) is 5.91 Å². The van der Waals surface area contributed by atoms with Crippen molar-refractivity contribution in [3.63, 3.8) is 0 Å². The van der Waals surface area contributed by atoms with Crippen LogP contribution in [0.3, 0.4) is 0 Å². The summed E-state index contributed by atoms with van der Waals surface area (Å²) in [6, 6.07) is -0.0332. The van der Waals surface area contributed by atoms with Gasteiger partial charge in [-0.3, -0.25) is 10.2 Å². The maximum atomic E-state index is 11.6. The number of hydrogen-bond acceptors (Lipinski definition) is 2. The fourth-order valence-corrected chi connectivity index (χ4v) is 1.67. The lowest BCUT2D eigenvalue weighted by Crippen LogP contribution is -2.47. The van der Waals surface area contributed by atoms with Crippen molar-refractivity contribution >= 4 is 11.7 Å². The zero-order chi connectivity index (χ0) is 10.7. The minimum Gasteiger partial charge on any atom is -0.352 e. The predicted octanol–water partition coefficient (Wildman–Crippen LogP) is 0.973. The molecular formula is C10H19N3O. The van der Waals surface area contributed by atoms with Crippen LogP contribution in [0.2, 0.25) is 0 Å². The van der Waals surface area contributed by atoms with Crippen molar-refractivity contribution < 1.29 is 4.79 Å². The van der Waals surface area contributed by atoms with Gasteiger partial charge < -0.3 is 10.2 Å². The molecule has 80 valence electrons. The van der Waals surface area contributed by atoms with Gasteiger partial charge in [-0.25, -0.2) is 0 Å². The largest absolute Gasteiger partial charge is 0.352 e. The highest BCUT2D eigenvalue weighted by Gasteiger charge is 2.26. The number of likely N-dealkylation sites (tertiary alicyclic amines) is 1. The molecule has 1 heterocycles. The van der Waals surface area contributed by atoms with Crippen molar-refractivity contribution in [1.29, 1.82) is 5.41 Å². The second-order valence-corrected chi connectivity index (χ2v) is 4.08. The lowest BCUT2D eigenvalue weighted by atomic mass is 10.2. The molecule has 0 aliphatic carbocycles. The number of carbonyl (C=O) groups is 1. The maximum absolute atomic E-state index is 11.6. The summed E-state index contributed by atoms with van der Waals surface area (Å²) >= 11 is 0. The van der Waals surface area contributed by atoms with Crippen molar-refractivity contribution in [3.8, 4) is 0 Å². The van der Waals surface area contributed by atoms with Gasteiger partial charge in [0.05, 0.1) is 5.84 Å². The van der Waals surface area contributed by atoms with Gasteiger partial charge in [0.25, 0.3) is 0 Å². The van der Waals surface area contributed by atoms with Crippen molar-refractivity contribution in [3.05, 3.63) is 0 Å². The molecule has 1 aliphatic heterocycles. The van der Waals surface area contributed by atoms with E-state index in [4.69, 9.17) is 5.41 Å². The van der Waals surface area contributed by atoms with Gasteiger partial charge in [-0.15, -0.1) is 0 Å². The molecule has 4 nitrogen and oxygen atoms in total. The SMILES string of the molecule is CC(C)NC(=O)C(C)N1CCCC1=N. The molecule has 0 aromatic rings. The summed E-state index contributed by atoms with van der Waals surface area (Å²) in [5.41, 5.74) is 0. The van der Waals surface area contributed by atoms with E-state index in [1.165, 1.54) is 0 Å². The average molecular weight is 197 g/mol. The summed E-state index contributed by atoms with van der Waals surface area (Å²) < 4.78 is 0. The first-order chi connectivity index (χ1) is 6.52. The fourth-order valence-electron chi connectivity index (χ4n) is 1.67. The lowest BCUT2D eigenvalue weighted by molar-refractivity contribution is -0.125. The molecule has 0 radical (unpaired) electrons. The average Bonchev–Trinajstić information content (AvgIpc) is 2.48. The zero-order valence-corrected chi connectivity index (χ0v) is 9.13. The third-order valence-corrected chi connectivity index (χ3v) is 2.44. The highest BCUT2D eigenvalue weighted by Crippen LogP contribution is 2.13. The summed E-state index contributed by atoms with van der Waals surface area (Å²) in [5.74, 6) is 0.614. The quantitative estimate of drug-likeness (QED) is 0.708. The van der Waals surface area contributed by atoms with Gasteiger partial charge in [-0.1, -0.05) is 0 Å². The van der Waals surface area contributed by atoms with Gasteiger partial charge in [-0.05, 0) is 27.2 Å². The summed E-state index contributed by atoms with van der Waals surface area (Å²) in [4.78, 5) is 13.5. The van der Waals surface area contributed by atoms with Crippen LogP contribution in [0, 0.1) is 5.41 Å². The van der Waals surface area contributed by atoms with Crippen LogP contribution in [0.15, 0.2) is 0 Å². The predicted molar refractivity (Wildman–Crippen MR) is 56.4 cm³/mol. The molecule has 0 aromatic heterocycles. The van der Waals surface area contributed by atoms with Gasteiger partial charge in [0, 0.05) is 19.0 Å². The van der Waals surface area contributed by atoms with Crippen molar-refractivity contribution in [2.45, 2.75) is 45.7 Å². The molecule has 1 rings (SSSR count). The van der Waals surface area contributed by atoms with Crippen LogP contribution >= 0.6 is 0 Å². The Morgan fingerprint density at radius 3 is 2.57 bits per heavy atom. The summed E-state index contributed by atoms with van der Waals surface area (Å²) in [7, 11) is 0. The molecule has 0 aromatic carbocycles. The second kappa shape index (κ2) is 4.44. The van der Waals surface area contributed by atoms with Crippen LogP contribution in [0.25, 0.3) is 0 Å². The first-order valence-electron chi connectivity index (χ1n) is 5.17. The fraction of sp³-hybridized carbons (Fsp3) is 0.800. The molecule has 2 N–H and O–H groups in total. The number of nitrogens with one attached hydrogen (secondary N) is 2. The molecule has 1 unspecified atom stereocenters. The van der Waals surface area contributed by atoms with Crippen LogP contribution in [0.5, 0.6) is 0 Å². The summed E-state index contributed by atoms with van der Waals surface area (Å²) in [5, 5.41) is 10.5. The van der Waals surface area contributed by atoms with E-state index in [0.29, 0.717) is 5.84 Å². The number of amidine groups is 1. The molecule has 0 saturated carbocycles. The van der Waals surface area contributed by atoms with E-state index in [1.54, 1.807) is 0 Å². The van der Waals surface area contributed by atoms with E-state index in [0.717, 1.165) is 19.4 Å². The Balaban J connectivity index is 2.51. The van der Waals surface area contributed by atoms with Crippen LogP contribution < -0.4 is 5.32 Å². The van der Waals surface area contributed by atoms with Crippen LogP contribution in [-0.4, -0.2) is 35.3 Å². The van der Waals surface area contributed by atoms with E-state index >= 15 is 0 Å². The maximum Gasteiger partial charge on any atom is 0.242 e. The van der Waals surface area contributed by atoms with E-state index < -0.39 is 0 Å². The topological polar surface area (TPSA) is 56.2 Å². The van der Waals surface area contributed by atoms with E-state index in [1.807, 2.05) is 25.7 Å². The van der Waals surface area contributed by atoms with Gasteiger partial charge >= 0.3 is 0 Å². The molecule has 14 heavy (non-hydrogen) atoms. The molecular weight excluding hydrogens is 178 g/mol. The molecule has 1 aliphatic rings. The monoisotopic (exact) mass is 197 g/mol. The smallest absolute Gasteiger partial charge is 0.242 e. The van der Waals surface area contributed by atoms with Crippen LogP contribution in [0.4, 0.5) is 0 Å². The Labute approximate surface area is 85.2 Å². The first kappa shape index (κ1) is 11.0. The minimum absolute atomic E-state index is 0.0200. The van der Waals surface area contributed by atoms with Gasteiger partial charge in [0.15, 0.2) is 0 Å². The molecule has 1 atom stereocenters. The van der Waals surface area contributed by atoms with E-state index in [2.05, 4.69) is 5.32 Å². The van der Waals surface area contributed by atoms with Crippen LogP contribution in [0.1, 0.15) is 33.6 Å². The molecule has 4 heteroatoms. The third-order valence-electron chi connectivity index (χ3n) is 2.44.